The van der Waals surface area contributed by atoms with Crippen LogP contribution in [0.3, 0.4) is 0 Å². The van der Waals surface area contributed by atoms with Crippen LogP contribution in [0.2, 0.25) is 0 Å². The van der Waals surface area contributed by atoms with Crippen LogP contribution in [0.25, 0.3) is 0 Å². The van der Waals surface area contributed by atoms with E-state index in [1.54, 1.807) is 0 Å². The summed E-state index contributed by atoms with van der Waals surface area (Å²) in [6, 6.07) is 3.03. The maximum absolute atomic E-state index is 13.6. The molecule has 2 nitrogen and oxygen atoms in total. The van der Waals surface area contributed by atoms with Gasteiger partial charge in [0.1, 0.15) is 5.82 Å². The average molecular weight is 350 g/mol. The molecule has 0 aromatic heterocycles. The molecule has 0 heterocycles. The monoisotopic (exact) mass is 350 g/mol. The summed E-state index contributed by atoms with van der Waals surface area (Å²) in [6.45, 7) is 2.28. The molecular formula is C21H28F2O2. The molecule has 3 rings (SSSR count). The van der Waals surface area contributed by atoms with Gasteiger partial charge in [-0.1, -0.05) is 26.2 Å². The van der Waals surface area contributed by atoms with Crippen LogP contribution in [0.5, 0.6) is 5.75 Å². The van der Waals surface area contributed by atoms with Gasteiger partial charge in [-0.2, -0.15) is 0 Å². The zero-order valence-electron chi connectivity index (χ0n) is 15.0. The molecule has 0 bridgehead atoms. The lowest BCUT2D eigenvalue weighted by Gasteiger charge is -2.37. The fourth-order valence-electron chi connectivity index (χ4n) is 4.64. The average Bonchev–Trinajstić information content (AvgIpc) is 2.64. The molecule has 1 aromatic rings. The third-order valence-electron chi connectivity index (χ3n) is 6.35. The fraction of sp³-hybridized carbons (Fsp3) is 0.667. The van der Waals surface area contributed by atoms with Crippen molar-refractivity contribution < 1.29 is 18.3 Å². The van der Waals surface area contributed by atoms with E-state index < -0.39 is 11.6 Å². The quantitative estimate of drug-likeness (QED) is 0.500. The molecule has 0 radical (unpaired) electrons. The Hall–Kier alpha value is -1.45. The van der Waals surface area contributed by atoms with Gasteiger partial charge in [-0.05, 0) is 68.4 Å². The fourth-order valence-corrected chi connectivity index (χ4v) is 4.64. The smallest absolute Gasteiger partial charge is 0.314 e. The minimum atomic E-state index is -0.824. The number of ether oxygens (including phenoxy) is 1. The Kier molecular flexibility index (Phi) is 6.08. The van der Waals surface area contributed by atoms with Crippen molar-refractivity contribution >= 4 is 5.97 Å². The van der Waals surface area contributed by atoms with E-state index in [2.05, 4.69) is 6.92 Å². The first-order valence-corrected chi connectivity index (χ1v) is 9.73. The molecule has 1 aromatic carbocycles. The molecule has 138 valence electrons. The molecule has 2 aliphatic carbocycles. The van der Waals surface area contributed by atoms with Crippen molar-refractivity contribution in [3.05, 3.63) is 29.8 Å². The molecule has 0 amide bonds. The summed E-state index contributed by atoms with van der Waals surface area (Å²) < 4.78 is 31.7. The summed E-state index contributed by atoms with van der Waals surface area (Å²) in [6.07, 6.45) is 10.4. The number of halogens is 2. The Morgan fingerprint density at radius 1 is 1.00 bits per heavy atom. The van der Waals surface area contributed by atoms with E-state index in [4.69, 9.17) is 4.74 Å². The first-order chi connectivity index (χ1) is 12.1. The lowest BCUT2D eigenvalue weighted by atomic mass is 9.69. The van der Waals surface area contributed by atoms with E-state index in [-0.39, 0.29) is 17.6 Å². The van der Waals surface area contributed by atoms with Crippen LogP contribution >= 0.6 is 0 Å². The maximum Gasteiger partial charge on any atom is 0.314 e. The van der Waals surface area contributed by atoms with Crippen molar-refractivity contribution in [1.82, 2.24) is 0 Å². The van der Waals surface area contributed by atoms with Crippen LogP contribution in [-0.2, 0) is 4.79 Å². The summed E-state index contributed by atoms with van der Waals surface area (Å²) in [7, 11) is 0. The molecule has 0 N–H and O–H groups in total. The van der Waals surface area contributed by atoms with Gasteiger partial charge in [0.05, 0.1) is 5.92 Å². The number of hydrogen-bond donors (Lipinski definition) is 0. The molecule has 0 aliphatic heterocycles. The van der Waals surface area contributed by atoms with Crippen LogP contribution in [-0.4, -0.2) is 5.97 Å². The number of rotatable bonds is 4. The molecule has 0 atom stereocenters. The lowest BCUT2D eigenvalue weighted by Crippen LogP contribution is -2.30. The third-order valence-corrected chi connectivity index (χ3v) is 6.35. The first kappa shape index (κ1) is 18.3. The molecule has 4 heteroatoms. The number of esters is 1. The second-order valence-electron chi connectivity index (χ2n) is 7.80. The molecule has 2 aliphatic rings. The second kappa shape index (κ2) is 8.29. The third kappa shape index (κ3) is 4.59. The van der Waals surface area contributed by atoms with Crippen LogP contribution in [0.1, 0.15) is 64.7 Å². The molecule has 2 saturated carbocycles. The minimum absolute atomic E-state index is 0.160. The minimum Gasteiger partial charge on any atom is -0.423 e. The number of carbonyl (C=O) groups is 1. The molecule has 2 fully saturated rings. The van der Waals surface area contributed by atoms with Crippen LogP contribution in [0.4, 0.5) is 8.78 Å². The maximum atomic E-state index is 13.6. The van der Waals surface area contributed by atoms with E-state index in [9.17, 15) is 13.6 Å². The van der Waals surface area contributed by atoms with E-state index in [1.165, 1.54) is 38.2 Å². The van der Waals surface area contributed by atoms with Gasteiger partial charge >= 0.3 is 5.97 Å². The molecule has 0 saturated heterocycles. The Balaban J connectivity index is 1.48. The van der Waals surface area contributed by atoms with Gasteiger partial charge < -0.3 is 4.74 Å². The second-order valence-corrected chi connectivity index (χ2v) is 7.80. The number of benzene rings is 1. The summed E-state index contributed by atoms with van der Waals surface area (Å²) >= 11 is 0. The van der Waals surface area contributed by atoms with Crippen molar-refractivity contribution in [3.63, 3.8) is 0 Å². The largest absolute Gasteiger partial charge is 0.423 e. The van der Waals surface area contributed by atoms with Crippen molar-refractivity contribution in [2.24, 2.45) is 23.7 Å². The number of carbonyl (C=O) groups excluding carboxylic acids is 1. The zero-order chi connectivity index (χ0) is 17.8. The topological polar surface area (TPSA) is 26.3 Å². The molecule has 25 heavy (non-hydrogen) atoms. The Morgan fingerprint density at radius 3 is 2.16 bits per heavy atom. The summed E-state index contributed by atoms with van der Waals surface area (Å²) in [4.78, 5) is 12.3. The lowest BCUT2D eigenvalue weighted by molar-refractivity contribution is -0.140. The number of hydrogen-bond acceptors (Lipinski definition) is 2. The van der Waals surface area contributed by atoms with Gasteiger partial charge in [-0.25, -0.2) is 8.78 Å². The van der Waals surface area contributed by atoms with Crippen molar-refractivity contribution in [3.8, 4) is 5.75 Å². The highest BCUT2D eigenvalue weighted by Gasteiger charge is 2.33. The summed E-state index contributed by atoms with van der Waals surface area (Å²) in [5, 5.41) is 0. The van der Waals surface area contributed by atoms with Crippen LogP contribution in [0, 0.1) is 35.3 Å². The zero-order valence-corrected chi connectivity index (χ0v) is 15.0. The van der Waals surface area contributed by atoms with Gasteiger partial charge in [-0.3, -0.25) is 4.79 Å². The molecular weight excluding hydrogens is 322 g/mol. The highest BCUT2D eigenvalue weighted by atomic mass is 19.1. The van der Waals surface area contributed by atoms with E-state index >= 15 is 0 Å². The van der Waals surface area contributed by atoms with Crippen molar-refractivity contribution in [2.75, 3.05) is 0 Å². The molecule has 0 unspecified atom stereocenters. The van der Waals surface area contributed by atoms with E-state index in [0.29, 0.717) is 0 Å². The standard InChI is InChI=1S/C21H28F2O2/c1-2-14-3-5-15(6-4-14)16-7-9-17(10-8-16)21(24)25-20-12-11-18(22)13-19(20)23/h11-17H,2-10H2,1H3. The normalized spacial score (nSPS) is 30.0. The Morgan fingerprint density at radius 2 is 1.60 bits per heavy atom. The van der Waals surface area contributed by atoms with Crippen LogP contribution < -0.4 is 4.74 Å². The van der Waals surface area contributed by atoms with Gasteiger partial charge in [0.25, 0.3) is 0 Å². The first-order valence-electron chi connectivity index (χ1n) is 9.73. The summed E-state index contributed by atoms with van der Waals surface area (Å²) in [5.74, 6) is 0.245. The Bertz CT molecular complexity index is 586. The molecule has 0 spiro atoms. The predicted octanol–water partition coefficient (Wildman–Crippen LogP) is 5.89. The highest BCUT2D eigenvalue weighted by Crippen LogP contribution is 2.42. The predicted molar refractivity (Wildman–Crippen MR) is 93.2 cm³/mol. The van der Waals surface area contributed by atoms with E-state index in [0.717, 1.165) is 55.6 Å². The van der Waals surface area contributed by atoms with Crippen molar-refractivity contribution in [2.45, 2.75) is 64.7 Å². The van der Waals surface area contributed by atoms with E-state index in [1.807, 2.05) is 0 Å². The van der Waals surface area contributed by atoms with Gasteiger partial charge in [0.15, 0.2) is 11.6 Å². The van der Waals surface area contributed by atoms with Crippen molar-refractivity contribution in [1.29, 1.82) is 0 Å². The highest BCUT2D eigenvalue weighted by molar-refractivity contribution is 5.75. The SMILES string of the molecule is CCC1CCC(C2CCC(C(=O)Oc3ccc(F)cc3F)CC2)CC1. The van der Waals surface area contributed by atoms with Gasteiger partial charge in [0, 0.05) is 6.07 Å². The Labute approximate surface area is 149 Å². The van der Waals surface area contributed by atoms with Gasteiger partial charge in [-0.15, -0.1) is 0 Å². The van der Waals surface area contributed by atoms with Crippen LogP contribution in [0.15, 0.2) is 18.2 Å². The summed E-state index contributed by atoms with van der Waals surface area (Å²) in [5.41, 5.74) is 0. The van der Waals surface area contributed by atoms with Gasteiger partial charge in [0.2, 0.25) is 0 Å².